The summed E-state index contributed by atoms with van der Waals surface area (Å²) < 4.78 is 12.9. The van der Waals surface area contributed by atoms with E-state index in [-0.39, 0.29) is 34.1 Å². The molecule has 5 aliphatic rings. The van der Waals surface area contributed by atoms with Crippen LogP contribution in [0.25, 0.3) is 0 Å². The number of epoxide rings is 1. The number of Topliss-reactive ketones (excluding diaryl/α,β-unsaturated/α-hetero) is 1. The summed E-state index contributed by atoms with van der Waals surface area (Å²) in [5, 5.41) is 0. The summed E-state index contributed by atoms with van der Waals surface area (Å²) >= 11 is 0. The van der Waals surface area contributed by atoms with Crippen molar-refractivity contribution in [3.05, 3.63) is 0 Å². The molecule has 0 aromatic rings. The van der Waals surface area contributed by atoms with Crippen LogP contribution < -0.4 is 0 Å². The molecule has 2 aliphatic heterocycles. The number of ketones is 1. The summed E-state index contributed by atoms with van der Waals surface area (Å²) in [5.74, 6) is 1.47. The van der Waals surface area contributed by atoms with Gasteiger partial charge in [-0.1, -0.05) is 53.9 Å². The number of hydrogen-bond donors (Lipinski definition) is 0. The molecule has 0 radical (unpaired) electrons. The summed E-state index contributed by atoms with van der Waals surface area (Å²) in [7, 11) is 0. The molecule has 0 aromatic carbocycles. The topological polar surface area (TPSA) is 55.9 Å². The molecule has 30 heavy (non-hydrogen) atoms. The van der Waals surface area contributed by atoms with Gasteiger partial charge < -0.3 is 9.47 Å². The van der Waals surface area contributed by atoms with Gasteiger partial charge in [0.05, 0.1) is 5.92 Å². The lowest BCUT2D eigenvalue weighted by Crippen LogP contribution is -2.63. The maximum absolute atomic E-state index is 13.1. The van der Waals surface area contributed by atoms with Gasteiger partial charge in [0.1, 0.15) is 11.4 Å². The molecule has 168 valence electrons. The molecule has 3 aliphatic carbocycles. The van der Waals surface area contributed by atoms with E-state index in [1.54, 1.807) is 0 Å². The Hall–Kier alpha value is -0.900. The Labute approximate surface area is 181 Å². The highest BCUT2D eigenvalue weighted by molar-refractivity contribution is 5.88. The Morgan fingerprint density at radius 2 is 1.80 bits per heavy atom. The second-order valence-electron chi connectivity index (χ2n) is 12.3. The Balaban J connectivity index is 1.40. The van der Waals surface area contributed by atoms with Crippen molar-refractivity contribution in [2.75, 3.05) is 0 Å². The maximum Gasteiger partial charge on any atom is 0.312 e. The maximum atomic E-state index is 13.1. The number of carbonyl (C=O) groups is 2. The first kappa shape index (κ1) is 21.0. The molecule has 0 aromatic heterocycles. The number of hydrogen-bond acceptors (Lipinski definition) is 4. The van der Waals surface area contributed by atoms with Gasteiger partial charge in [0, 0.05) is 24.2 Å². The number of rotatable bonds is 5. The Kier molecular flexibility index (Phi) is 4.58. The quantitative estimate of drug-likeness (QED) is 0.428. The van der Waals surface area contributed by atoms with E-state index in [1.165, 1.54) is 25.7 Å². The van der Waals surface area contributed by atoms with Crippen LogP contribution in [-0.2, 0) is 19.1 Å². The normalized spacial score (nSPS) is 50.3. The second kappa shape index (κ2) is 6.56. The van der Waals surface area contributed by atoms with Gasteiger partial charge in [0.15, 0.2) is 0 Å². The third-order valence-corrected chi connectivity index (χ3v) is 10.4. The molecule has 8 atom stereocenters. The summed E-state index contributed by atoms with van der Waals surface area (Å²) in [6.07, 6.45) is 10.1. The van der Waals surface area contributed by atoms with Crippen molar-refractivity contribution in [1.29, 1.82) is 0 Å². The van der Waals surface area contributed by atoms with Gasteiger partial charge in [0.25, 0.3) is 0 Å². The number of fused-ring (bicyclic) bond motifs is 2. The molecule has 5 fully saturated rings. The molecule has 5 rings (SSSR count). The van der Waals surface area contributed by atoms with E-state index in [4.69, 9.17) is 9.47 Å². The van der Waals surface area contributed by atoms with Crippen LogP contribution in [0.4, 0.5) is 0 Å². The van der Waals surface area contributed by atoms with Crippen molar-refractivity contribution in [1.82, 2.24) is 0 Å². The Morgan fingerprint density at radius 3 is 2.53 bits per heavy atom. The average molecular weight is 417 g/mol. The van der Waals surface area contributed by atoms with Crippen molar-refractivity contribution >= 4 is 11.8 Å². The van der Waals surface area contributed by atoms with E-state index in [0.717, 1.165) is 31.6 Å². The van der Waals surface area contributed by atoms with Crippen LogP contribution in [0, 0.1) is 40.4 Å². The molecular weight excluding hydrogens is 376 g/mol. The van der Waals surface area contributed by atoms with Gasteiger partial charge in [-0.2, -0.15) is 0 Å². The Morgan fingerprint density at radius 1 is 1.03 bits per heavy atom. The first-order valence-electron chi connectivity index (χ1n) is 12.5. The molecule has 2 heterocycles. The van der Waals surface area contributed by atoms with Crippen LogP contribution in [-0.4, -0.2) is 23.1 Å². The van der Waals surface area contributed by atoms with E-state index in [9.17, 15) is 9.59 Å². The molecule has 4 heteroatoms. The van der Waals surface area contributed by atoms with Crippen molar-refractivity contribution in [2.45, 2.75) is 110 Å². The minimum absolute atomic E-state index is 0.170. The van der Waals surface area contributed by atoms with Gasteiger partial charge in [-0.15, -0.1) is 0 Å². The van der Waals surface area contributed by atoms with Crippen LogP contribution in [0.3, 0.4) is 0 Å². The first-order valence-corrected chi connectivity index (χ1v) is 12.5. The monoisotopic (exact) mass is 416 g/mol. The van der Waals surface area contributed by atoms with Crippen LogP contribution in [0.5, 0.6) is 0 Å². The van der Waals surface area contributed by atoms with Crippen molar-refractivity contribution in [3.63, 3.8) is 0 Å². The zero-order valence-electron chi connectivity index (χ0n) is 19.6. The summed E-state index contributed by atoms with van der Waals surface area (Å²) in [6.45, 7) is 11.7. The summed E-state index contributed by atoms with van der Waals surface area (Å²) in [6, 6.07) is 0. The molecule has 4 nitrogen and oxygen atoms in total. The lowest BCUT2D eigenvalue weighted by Gasteiger charge is -2.54. The fourth-order valence-corrected chi connectivity index (χ4v) is 8.64. The molecule has 0 spiro atoms. The predicted octanol–water partition coefficient (Wildman–Crippen LogP) is 5.67. The van der Waals surface area contributed by atoms with Crippen molar-refractivity contribution in [3.8, 4) is 0 Å². The van der Waals surface area contributed by atoms with Crippen LogP contribution in [0.2, 0.25) is 0 Å². The van der Waals surface area contributed by atoms with Crippen LogP contribution >= 0.6 is 0 Å². The lowest BCUT2D eigenvalue weighted by molar-refractivity contribution is -0.202. The average Bonchev–Trinajstić information content (AvgIpc) is 3.23. The smallest absolute Gasteiger partial charge is 0.312 e. The van der Waals surface area contributed by atoms with E-state index in [0.29, 0.717) is 30.6 Å². The second-order valence-corrected chi connectivity index (χ2v) is 12.3. The third kappa shape index (κ3) is 2.49. The lowest BCUT2D eigenvalue weighted by atomic mass is 9.49. The molecular formula is C26H40O4. The highest BCUT2D eigenvalue weighted by Gasteiger charge is 2.90. The van der Waals surface area contributed by atoms with E-state index >= 15 is 0 Å². The minimum atomic E-state index is -0.713. The highest BCUT2D eigenvalue weighted by atomic mass is 16.8. The Bertz CT molecular complexity index is 760. The van der Waals surface area contributed by atoms with Crippen molar-refractivity contribution < 1.29 is 19.1 Å². The van der Waals surface area contributed by atoms with E-state index < -0.39 is 5.79 Å². The predicted molar refractivity (Wildman–Crippen MR) is 115 cm³/mol. The van der Waals surface area contributed by atoms with Gasteiger partial charge in [-0.25, -0.2) is 0 Å². The molecule has 0 unspecified atom stereocenters. The molecule has 0 N–H and O–H groups in total. The van der Waals surface area contributed by atoms with E-state index in [1.807, 2.05) is 0 Å². The van der Waals surface area contributed by atoms with Gasteiger partial charge in [0.2, 0.25) is 5.79 Å². The number of carbonyl (C=O) groups excluding carboxylic acids is 2. The summed E-state index contributed by atoms with van der Waals surface area (Å²) in [5.41, 5.74) is -0.414. The van der Waals surface area contributed by atoms with Gasteiger partial charge in [-0.05, 0) is 55.3 Å². The number of ether oxygens (including phenoxy) is 2. The molecule has 3 saturated carbocycles. The molecule has 2 saturated heterocycles. The fraction of sp³-hybridized carbons (Fsp3) is 0.923. The van der Waals surface area contributed by atoms with Crippen LogP contribution in [0.15, 0.2) is 0 Å². The fourth-order valence-electron chi connectivity index (χ4n) is 8.64. The third-order valence-electron chi connectivity index (χ3n) is 10.4. The summed E-state index contributed by atoms with van der Waals surface area (Å²) in [4.78, 5) is 25.2. The first-order chi connectivity index (χ1) is 14.1. The standard InChI is InChI=1S/C26H40O4/c1-16(2)7-6-8-17(3)19-9-10-21-23(19,4)13-14-25-24(5)12-11-18(27)15-20(24)22(28)29-26(21,25)30-25/h16-17,19-21H,6-15H2,1-5H3/t17-,19-,20-,21-,23-,24+,25+,26+/m1/s1. The van der Waals surface area contributed by atoms with Gasteiger partial charge in [-0.3, -0.25) is 9.59 Å². The largest absolute Gasteiger partial charge is 0.429 e. The molecule has 0 amide bonds. The van der Waals surface area contributed by atoms with Gasteiger partial charge >= 0.3 is 5.97 Å². The number of esters is 1. The zero-order valence-corrected chi connectivity index (χ0v) is 19.6. The van der Waals surface area contributed by atoms with E-state index in [2.05, 4.69) is 34.6 Å². The molecule has 0 bridgehead atoms. The SMILES string of the molecule is CC(C)CCC[C@@H](C)[C@H]1CC[C@@H]2[C@]1(C)CC[C@@]13O[C@@]21OC(=O)[C@H]1CC(=O)CC[C@@]13C. The van der Waals surface area contributed by atoms with Crippen LogP contribution in [0.1, 0.15) is 98.8 Å². The van der Waals surface area contributed by atoms with Crippen molar-refractivity contribution in [2.24, 2.45) is 40.4 Å². The zero-order chi connectivity index (χ0) is 21.5. The highest BCUT2D eigenvalue weighted by Crippen LogP contribution is 2.79. The minimum Gasteiger partial charge on any atom is -0.429 e.